The van der Waals surface area contributed by atoms with E-state index < -0.39 is 53.5 Å². The first-order valence-corrected chi connectivity index (χ1v) is 5.96. The van der Waals surface area contributed by atoms with E-state index in [0.29, 0.717) is 6.07 Å². The summed E-state index contributed by atoms with van der Waals surface area (Å²) in [7, 11) is 0. The first-order valence-electron chi connectivity index (χ1n) is 5.96. The summed E-state index contributed by atoms with van der Waals surface area (Å²) in [5.41, 5.74) is -3.49. The van der Waals surface area contributed by atoms with Gasteiger partial charge in [0.05, 0.1) is 0 Å². The Morgan fingerprint density at radius 2 is 2.00 bits per heavy atom. The van der Waals surface area contributed by atoms with Gasteiger partial charge in [-0.3, -0.25) is 0 Å². The maximum Gasteiger partial charge on any atom is 0.340 e. The monoisotopic (exact) mass is 292 g/mol. The lowest BCUT2D eigenvalue weighted by atomic mass is 9.79. The summed E-state index contributed by atoms with van der Waals surface area (Å²) in [6, 6.07) is 1.96. The molecule has 20 heavy (non-hydrogen) atoms. The van der Waals surface area contributed by atoms with Gasteiger partial charge in [0.25, 0.3) is 0 Å². The molecule has 1 aliphatic carbocycles. The summed E-state index contributed by atoms with van der Waals surface area (Å²) in [5.74, 6) is -8.48. The molecular formula is C13H12F4O3. The van der Waals surface area contributed by atoms with E-state index in [9.17, 15) is 27.5 Å². The summed E-state index contributed by atoms with van der Waals surface area (Å²) >= 11 is 0. The molecule has 2 N–H and O–H groups in total. The minimum atomic E-state index is -3.09. The van der Waals surface area contributed by atoms with Gasteiger partial charge in [0.2, 0.25) is 5.92 Å². The summed E-state index contributed by atoms with van der Waals surface area (Å²) in [6.45, 7) is 0. The average molecular weight is 292 g/mol. The zero-order valence-electron chi connectivity index (χ0n) is 10.2. The van der Waals surface area contributed by atoms with Gasteiger partial charge in [-0.05, 0) is 18.6 Å². The van der Waals surface area contributed by atoms with Gasteiger partial charge in [-0.2, -0.15) is 0 Å². The fourth-order valence-electron chi connectivity index (χ4n) is 2.61. The molecule has 0 amide bonds. The Morgan fingerprint density at radius 1 is 1.35 bits per heavy atom. The van der Waals surface area contributed by atoms with E-state index in [1.165, 1.54) is 0 Å². The molecule has 1 fully saturated rings. The van der Waals surface area contributed by atoms with Crippen LogP contribution in [0.2, 0.25) is 0 Å². The summed E-state index contributed by atoms with van der Waals surface area (Å²) < 4.78 is 53.0. The molecule has 0 heterocycles. The van der Waals surface area contributed by atoms with Crippen molar-refractivity contribution in [1.82, 2.24) is 0 Å². The van der Waals surface area contributed by atoms with Crippen LogP contribution in [-0.2, 0) is 10.4 Å². The highest BCUT2D eigenvalue weighted by Gasteiger charge is 2.54. The van der Waals surface area contributed by atoms with Crippen LogP contribution in [0, 0.1) is 17.6 Å². The molecule has 2 atom stereocenters. The molecule has 3 nitrogen and oxygen atoms in total. The van der Waals surface area contributed by atoms with Crippen LogP contribution in [0.25, 0.3) is 0 Å². The van der Waals surface area contributed by atoms with Gasteiger partial charge in [0.1, 0.15) is 11.6 Å². The van der Waals surface area contributed by atoms with Crippen LogP contribution < -0.4 is 0 Å². The predicted molar refractivity (Wildman–Crippen MR) is 60.2 cm³/mol. The molecule has 0 aliphatic heterocycles. The zero-order chi connectivity index (χ0) is 15.1. The van der Waals surface area contributed by atoms with Crippen molar-refractivity contribution in [1.29, 1.82) is 0 Å². The Labute approximate surface area is 111 Å². The van der Waals surface area contributed by atoms with Crippen molar-refractivity contribution in [3.05, 3.63) is 35.4 Å². The van der Waals surface area contributed by atoms with Crippen molar-refractivity contribution in [3.63, 3.8) is 0 Å². The van der Waals surface area contributed by atoms with Crippen molar-refractivity contribution in [2.45, 2.75) is 30.8 Å². The fraction of sp³-hybridized carbons (Fsp3) is 0.462. The average Bonchev–Trinajstić information content (AvgIpc) is 2.69. The molecule has 7 heteroatoms. The lowest BCUT2D eigenvalue weighted by molar-refractivity contribution is -0.168. The molecule has 1 aliphatic rings. The Hall–Kier alpha value is -1.63. The van der Waals surface area contributed by atoms with Crippen LogP contribution in [0.5, 0.6) is 0 Å². The third-order valence-corrected chi connectivity index (χ3v) is 3.66. The second kappa shape index (κ2) is 4.73. The lowest BCUT2D eigenvalue weighted by Crippen LogP contribution is -2.43. The topological polar surface area (TPSA) is 57.5 Å². The van der Waals surface area contributed by atoms with Crippen molar-refractivity contribution in [3.8, 4) is 0 Å². The van der Waals surface area contributed by atoms with Crippen LogP contribution in [-0.4, -0.2) is 22.1 Å². The molecule has 0 spiro atoms. The number of benzene rings is 1. The highest BCUT2D eigenvalue weighted by Crippen LogP contribution is 2.47. The Morgan fingerprint density at radius 3 is 2.45 bits per heavy atom. The number of carbonyl (C=O) groups is 1. The second-order valence-corrected chi connectivity index (χ2v) is 4.99. The first kappa shape index (κ1) is 14.8. The van der Waals surface area contributed by atoms with Crippen molar-refractivity contribution in [2.24, 2.45) is 5.92 Å². The van der Waals surface area contributed by atoms with E-state index in [1.54, 1.807) is 0 Å². The Bertz CT molecular complexity index is 546. The molecular weight excluding hydrogens is 280 g/mol. The highest BCUT2D eigenvalue weighted by molar-refractivity contribution is 5.79. The third-order valence-electron chi connectivity index (χ3n) is 3.66. The number of alkyl halides is 2. The SMILES string of the molecule is O=C(O)[C@](O)(c1ccc(F)cc1F)[C@@H]1CCC(F)(F)C1. The smallest absolute Gasteiger partial charge is 0.340 e. The summed E-state index contributed by atoms with van der Waals surface area (Å²) in [4.78, 5) is 11.3. The Kier molecular flexibility index (Phi) is 3.49. The number of hydrogen-bond donors (Lipinski definition) is 2. The summed E-state index contributed by atoms with van der Waals surface area (Å²) in [6.07, 6.45) is -1.69. The van der Waals surface area contributed by atoms with E-state index >= 15 is 0 Å². The molecule has 0 radical (unpaired) electrons. The van der Waals surface area contributed by atoms with Crippen molar-refractivity contribution >= 4 is 5.97 Å². The number of halogens is 4. The zero-order valence-corrected chi connectivity index (χ0v) is 10.2. The van der Waals surface area contributed by atoms with E-state index in [1.807, 2.05) is 0 Å². The molecule has 1 aromatic rings. The first-order chi connectivity index (χ1) is 9.17. The van der Waals surface area contributed by atoms with E-state index in [2.05, 4.69) is 0 Å². The normalized spacial score (nSPS) is 24.4. The molecule has 110 valence electrons. The maximum absolute atomic E-state index is 13.7. The second-order valence-electron chi connectivity index (χ2n) is 4.99. The number of rotatable bonds is 3. The standard InChI is InChI=1S/C13H12F4O3/c14-8-1-2-9(10(15)5-8)13(20,11(18)19)7-3-4-12(16,17)6-7/h1-2,5,7,20H,3-4,6H2,(H,18,19)/t7-,13-/m1/s1. The lowest BCUT2D eigenvalue weighted by Gasteiger charge is -2.30. The molecule has 1 aromatic carbocycles. The van der Waals surface area contributed by atoms with Gasteiger partial charge >= 0.3 is 5.97 Å². The number of aliphatic carboxylic acids is 1. The summed E-state index contributed by atoms with van der Waals surface area (Å²) in [5, 5.41) is 19.4. The third kappa shape index (κ3) is 2.37. The number of aliphatic hydroxyl groups is 1. The number of hydrogen-bond acceptors (Lipinski definition) is 2. The van der Waals surface area contributed by atoms with Crippen LogP contribution in [0.15, 0.2) is 18.2 Å². The molecule has 2 rings (SSSR count). The minimum Gasteiger partial charge on any atom is -0.479 e. The van der Waals surface area contributed by atoms with Gasteiger partial charge in [-0.25, -0.2) is 22.4 Å². The van der Waals surface area contributed by atoms with Crippen molar-refractivity contribution < 1.29 is 32.6 Å². The van der Waals surface area contributed by atoms with Gasteiger partial charge in [0, 0.05) is 30.4 Å². The minimum absolute atomic E-state index is 0.257. The highest BCUT2D eigenvalue weighted by atomic mass is 19.3. The molecule has 0 saturated heterocycles. The number of carboxylic acids is 1. The Balaban J connectivity index is 2.47. The van der Waals surface area contributed by atoms with Crippen LogP contribution in [0.4, 0.5) is 17.6 Å². The number of carboxylic acid groups (broad SMARTS) is 1. The van der Waals surface area contributed by atoms with Crippen LogP contribution in [0.1, 0.15) is 24.8 Å². The molecule has 1 saturated carbocycles. The van der Waals surface area contributed by atoms with Crippen molar-refractivity contribution in [2.75, 3.05) is 0 Å². The molecule has 0 unspecified atom stereocenters. The maximum atomic E-state index is 13.7. The predicted octanol–water partition coefficient (Wildman–Crippen LogP) is 2.67. The van der Waals surface area contributed by atoms with E-state index in [4.69, 9.17) is 5.11 Å². The van der Waals surface area contributed by atoms with Gasteiger partial charge in [-0.1, -0.05) is 0 Å². The van der Waals surface area contributed by atoms with Crippen LogP contribution in [0.3, 0.4) is 0 Å². The van der Waals surface area contributed by atoms with Gasteiger partial charge in [0.15, 0.2) is 5.60 Å². The van der Waals surface area contributed by atoms with Gasteiger partial charge < -0.3 is 10.2 Å². The molecule has 0 aromatic heterocycles. The van der Waals surface area contributed by atoms with Crippen LogP contribution >= 0.6 is 0 Å². The van der Waals surface area contributed by atoms with Gasteiger partial charge in [-0.15, -0.1) is 0 Å². The fourth-order valence-corrected chi connectivity index (χ4v) is 2.61. The quantitative estimate of drug-likeness (QED) is 0.842. The van der Waals surface area contributed by atoms with E-state index in [-0.39, 0.29) is 6.42 Å². The van der Waals surface area contributed by atoms with E-state index in [0.717, 1.165) is 12.1 Å². The molecule has 0 bridgehead atoms. The largest absolute Gasteiger partial charge is 0.479 e.